The lowest BCUT2D eigenvalue weighted by Crippen LogP contribution is -2.04. The number of thiazole rings is 1. The lowest BCUT2D eigenvalue weighted by atomic mass is 10.2. The van der Waals surface area contributed by atoms with Crippen LogP contribution >= 0.6 is 27.3 Å². The zero-order valence-corrected chi connectivity index (χ0v) is 12.8. The molecule has 0 aliphatic carbocycles. The van der Waals surface area contributed by atoms with Crippen molar-refractivity contribution < 1.29 is 9.53 Å². The molecule has 0 fully saturated rings. The molecule has 0 radical (unpaired) electrons. The van der Waals surface area contributed by atoms with Gasteiger partial charge >= 0.3 is 5.97 Å². The van der Waals surface area contributed by atoms with Gasteiger partial charge in [-0.05, 0) is 35.9 Å². The number of hydrogen-bond acceptors (Lipinski definition) is 4. The van der Waals surface area contributed by atoms with Crippen molar-refractivity contribution in [3.05, 3.63) is 63.6 Å². The Morgan fingerprint density at radius 1 is 1.20 bits per heavy atom. The molecule has 0 amide bonds. The van der Waals surface area contributed by atoms with Crippen LogP contribution in [-0.4, -0.2) is 11.0 Å². The second-order valence-corrected chi connectivity index (χ2v) is 6.04. The summed E-state index contributed by atoms with van der Waals surface area (Å²) in [7, 11) is 0. The van der Waals surface area contributed by atoms with Crippen LogP contribution in [0, 0.1) is 0 Å². The number of halogens is 1. The highest BCUT2D eigenvalue weighted by atomic mass is 79.9. The number of benzene rings is 2. The van der Waals surface area contributed by atoms with Gasteiger partial charge in [-0.2, -0.15) is 0 Å². The number of ether oxygens (including phenoxy) is 1. The SMILES string of the molecule is O=C(OCc1ccc(Br)cc1)c1ccc2ncsc2c1. The maximum atomic E-state index is 12.0. The van der Waals surface area contributed by atoms with E-state index >= 15 is 0 Å². The zero-order chi connectivity index (χ0) is 13.9. The second kappa shape index (κ2) is 5.73. The number of aromatic nitrogens is 1. The smallest absolute Gasteiger partial charge is 0.338 e. The van der Waals surface area contributed by atoms with Gasteiger partial charge in [-0.1, -0.05) is 28.1 Å². The fourth-order valence-electron chi connectivity index (χ4n) is 1.79. The minimum absolute atomic E-state index is 0.271. The van der Waals surface area contributed by atoms with Crippen LogP contribution in [0.5, 0.6) is 0 Å². The summed E-state index contributed by atoms with van der Waals surface area (Å²) in [6.45, 7) is 0.271. The van der Waals surface area contributed by atoms with E-state index in [0.717, 1.165) is 20.3 Å². The van der Waals surface area contributed by atoms with E-state index in [1.165, 1.54) is 11.3 Å². The summed E-state index contributed by atoms with van der Waals surface area (Å²) in [6.07, 6.45) is 0. The third kappa shape index (κ3) is 2.89. The van der Waals surface area contributed by atoms with Gasteiger partial charge in [0.25, 0.3) is 0 Å². The minimum atomic E-state index is -0.316. The number of esters is 1. The number of carbonyl (C=O) groups excluding carboxylic acids is 1. The fourth-order valence-corrected chi connectivity index (χ4v) is 2.78. The molecule has 1 heterocycles. The van der Waals surface area contributed by atoms with Crippen LogP contribution in [0.25, 0.3) is 10.2 Å². The average Bonchev–Trinajstić information content (AvgIpc) is 2.93. The fraction of sp³-hybridized carbons (Fsp3) is 0.0667. The summed E-state index contributed by atoms with van der Waals surface area (Å²) in [6, 6.07) is 13.1. The number of carbonyl (C=O) groups is 1. The van der Waals surface area contributed by atoms with Crippen molar-refractivity contribution >= 4 is 43.5 Å². The summed E-state index contributed by atoms with van der Waals surface area (Å²) >= 11 is 4.88. The molecule has 0 aliphatic rings. The van der Waals surface area contributed by atoms with Crippen molar-refractivity contribution in [1.29, 1.82) is 0 Å². The topological polar surface area (TPSA) is 39.2 Å². The molecule has 100 valence electrons. The molecule has 0 saturated heterocycles. The molecule has 0 N–H and O–H groups in total. The summed E-state index contributed by atoms with van der Waals surface area (Å²) in [5, 5.41) is 0. The monoisotopic (exact) mass is 347 g/mol. The Bertz CT molecular complexity index is 752. The Balaban J connectivity index is 1.70. The van der Waals surface area contributed by atoms with Crippen LogP contribution < -0.4 is 0 Å². The molecule has 0 atom stereocenters. The molecule has 0 saturated carbocycles. The van der Waals surface area contributed by atoms with Crippen molar-refractivity contribution in [3.63, 3.8) is 0 Å². The van der Waals surface area contributed by atoms with Gasteiger partial charge in [0.05, 0.1) is 21.3 Å². The van der Waals surface area contributed by atoms with E-state index in [1.54, 1.807) is 11.6 Å². The highest BCUT2D eigenvalue weighted by Crippen LogP contribution is 2.20. The van der Waals surface area contributed by atoms with Crippen LogP contribution in [0.1, 0.15) is 15.9 Å². The first-order chi connectivity index (χ1) is 9.72. The minimum Gasteiger partial charge on any atom is -0.457 e. The first-order valence-corrected chi connectivity index (χ1v) is 7.64. The zero-order valence-electron chi connectivity index (χ0n) is 10.4. The van der Waals surface area contributed by atoms with Crippen molar-refractivity contribution in [3.8, 4) is 0 Å². The Morgan fingerprint density at radius 3 is 2.80 bits per heavy atom. The van der Waals surface area contributed by atoms with E-state index in [2.05, 4.69) is 20.9 Å². The highest BCUT2D eigenvalue weighted by Gasteiger charge is 2.09. The van der Waals surface area contributed by atoms with E-state index < -0.39 is 0 Å². The van der Waals surface area contributed by atoms with E-state index in [0.29, 0.717) is 5.56 Å². The maximum absolute atomic E-state index is 12.0. The van der Waals surface area contributed by atoms with Gasteiger partial charge in [0.15, 0.2) is 0 Å². The van der Waals surface area contributed by atoms with Gasteiger partial charge in [-0.25, -0.2) is 9.78 Å². The number of hydrogen-bond donors (Lipinski definition) is 0. The van der Waals surface area contributed by atoms with Crippen LogP contribution in [0.4, 0.5) is 0 Å². The summed E-state index contributed by atoms with van der Waals surface area (Å²) in [5.41, 5.74) is 4.18. The molecule has 3 rings (SSSR count). The van der Waals surface area contributed by atoms with E-state index in [4.69, 9.17) is 4.74 Å². The Morgan fingerprint density at radius 2 is 2.00 bits per heavy atom. The van der Waals surface area contributed by atoms with Crippen LogP contribution in [-0.2, 0) is 11.3 Å². The predicted molar refractivity (Wildman–Crippen MR) is 82.9 cm³/mol. The normalized spacial score (nSPS) is 10.7. The van der Waals surface area contributed by atoms with Gasteiger partial charge in [0.1, 0.15) is 6.61 Å². The third-order valence-electron chi connectivity index (χ3n) is 2.85. The van der Waals surface area contributed by atoms with Gasteiger partial charge in [-0.15, -0.1) is 11.3 Å². The first-order valence-electron chi connectivity index (χ1n) is 5.97. The molecule has 3 nitrogen and oxygen atoms in total. The molecule has 0 spiro atoms. The Kier molecular flexibility index (Phi) is 3.80. The molecule has 1 aromatic heterocycles. The molecule has 5 heteroatoms. The van der Waals surface area contributed by atoms with E-state index in [9.17, 15) is 4.79 Å². The van der Waals surface area contributed by atoms with Gasteiger partial charge in [0, 0.05) is 4.47 Å². The van der Waals surface area contributed by atoms with E-state index in [1.807, 2.05) is 36.4 Å². The number of fused-ring (bicyclic) bond motifs is 1. The first kappa shape index (κ1) is 13.3. The van der Waals surface area contributed by atoms with Gasteiger partial charge in [0.2, 0.25) is 0 Å². The summed E-state index contributed by atoms with van der Waals surface area (Å²) in [5.74, 6) is -0.316. The molecule has 0 unspecified atom stereocenters. The van der Waals surface area contributed by atoms with E-state index in [-0.39, 0.29) is 12.6 Å². The van der Waals surface area contributed by atoms with Crippen molar-refractivity contribution in [2.45, 2.75) is 6.61 Å². The summed E-state index contributed by atoms with van der Waals surface area (Å²) < 4.78 is 7.30. The molecule has 0 bridgehead atoms. The van der Waals surface area contributed by atoms with Crippen molar-refractivity contribution in [1.82, 2.24) is 4.98 Å². The number of rotatable bonds is 3. The highest BCUT2D eigenvalue weighted by molar-refractivity contribution is 9.10. The lowest BCUT2D eigenvalue weighted by Gasteiger charge is -2.05. The van der Waals surface area contributed by atoms with Crippen molar-refractivity contribution in [2.24, 2.45) is 0 Å². The third-order valence-corrected chi connectivity index (χ3v) is 4.17. The van der Waals surface area contributed by atoms with Crippen LogP contribution in [0.3, 0.4) is 0 Å². The lowest BCUT2D eigenvalue weighted by molar-refractivity contribution is 0.0473. The van der Waals surface area contributed by atoms with Gasteiger partial charge in [-0.3, -0.25) is 0 Å². The maximum Gasteiger partial charge on any atom is 0.338 e. The summed E-state index contributed by atoms with van der Waals surface area (Å²) in [4.78, 5) is 16.2. The average molecular weight is 348 g/mol. The molecule has 2 aromatic carbocycles. The Hall–Kier alpha value is -1.72. The molecule has 0 aliphatic heterocycles. The second-order valence-electron chi connectivity index (χ2n) is 4.24. The molecular formula is C15H10BrNO2S. The molecular weight excluding hydrogens is 338 g/mol. The predicted octanol–water partition coefficient (Wildman–Crippen LogP) is 4.42. The van der Waals surface area contributed by atoms with Crippen LogP contribution in [0.2, 0.25) is 0 Å². The van der Waals surface area contributed by atoms with Gasteiger partial charge < -0.3 is 4.74 Å². The quantitative estimate of drug-likeness (QED) is 0.658. The largest absolute Gasteiger partial charge is 0.457 e. The Labute approximate surface area is 128 Å². The number of nitrogens with zero attached hydrogens (tertiary/aromatic N) is 1. The van der Waals surface area contributed by atoms with Crippen molar-refractivity contribution in [2.75, 3.05) is 0 Å². The van der Waals surface area contributed by atoms with Crippen LogP contribution in [0.15, 0.2) is 52.4 Å². The standard InChI is InChI=1S/C15H10BrNO2S/c16-12-4-1-10(2-5-12)8-19-15(18)11-3-6-13-14(7-11)20-9-17-13/h1-7,9H,8H2. The molecule has 20 heavy (non-hydrogen) atoms. The molecule has 3 aromatic rings.